The molecule has 96 valence electrons. The van der Waals surface area contributed by atoms with Crippen LogP contribution in [0, 0.1) is 6.92 Å². The van der Waals surface area contributed by atoms with Gasteiger partial charge in [0.25, 0.3) is 0 Å². The number of benzene rings is 1. The lowest BCUT2D eigenvalue weighted by atomic mass is 10.1. The highest BCUT2D eigenvalue weighted by Crippen LogP contribution is 2.25. The molecule has 0 radical (unpaired) electrons. The Bertz CT molecular complexity index is 523. The zero-order chi connectivity index (χ0) is 13.0. The third-order valence-electron chi connectivity index (χ3n) is 2.82. The molecule has 18 heavy (non-hydrogen) atoms. The third-order valence-corrected chi connectivity index (χ3v) is 2.82. The summed E-state index contributed by atoms with van der Waals surface area (Å²) in [5, 5.41) is 8.09. The first-order chi connectivity index (χ1) is 8.76. The van der Waals surface area contributed by atoms with E-state index in [4.69, 9.17) is 9.47 Å². The van der Waals surface area contributed by atoms with Crippen LogP contribution in [0.4, 0.5) is 0 Å². The van der Waals surface area contributed by atoms with Crippen molar-refractivity contribution in [2.45, 2.75) is 13.5 Å². The van der Waals surface area contributed by atoms with Crippen molar-refractivity contribution in [2.24, 2.45) is 0 Å². The van der Waals surface area contributed by atoms with Gasteiger partial charge in [0, 0.05) is 19.2 Å². The van der Waals surface area contributed by atoms with Gasteiger partial charge in [0.15, 0.2) is 5.82 Å². The van der Waals surface area contributed by atoms with Crippen molar-refractivity contribution in [1.29, 1.82) is 0 Å². The van der Waals surface area contributed by atoms with E-state index in [1.807, 2.05) is 29.7 Å². The number of hydrogen-bond donors (Lipinski definition) is 0. The summed E-state index contributed by atoms with van der Waals surface area (Å²) in [6.07, 6.45) is 1.71. The molecule has 5 nitrogen and oxygen atoms in total. The maximum absolute atomic E-state index is 5.32. The van der Waals surface area contributed by atoms with Gasteiger partial charge in [0.1, 0.15) is 12.1 Å². The number of methoxy groups -OCH3 is 2. The lowest BCUT2D eigenvalue weighted by Gasteiger charge is -2.09. The van der Waals surface area contributed by atoms with E-state index in [-0.39, 0.29) is 0 Å². The molecule has 2 aromatic rings. The SMILES string of the molecule is COCCn1cnnc1-c1ccc(C)c(OC)c1. The maximum atomic E-state index is 5.32. The van der Waals surface area contributed by atoms with Crippen LogP contribution in [0.15, 0.2) is 24.5 Å². The molecule has 0 N–H and O–H groups in total. The number of aryl methyl sites for hydroxylation is 1. The highest BCUT2D eigenvalue weighted by molar-refractivity contribution is 5.59. The second-order valence-electron chi connectivity index (χ2n) is 4.03. The number of aromatic nitrogens is 3. The summed E-state index contributed by atoms with van der Waals surface area (Å²) in [5.41, 5.74) is 2.09. The van der Waals surface area contributed by atoms with E-state index in [2.05, 4.69) is 10.2 Å². The summed E-state index contributed by atoms with van der Waals surface area (Å²) in [5.74, 6) is 1.68. The number of rotatable bonds is 5. The Morgan fingerprint density at radius 3 is 2.83 bits per heavy atom. The molecule has 0 spiro atoms. The molecule has 0 atom stereocenters. The van der Waals surface area contributed by atoms with E-state index >= 15 is 0 Å². The summed E-state index contributed by atoms with van der Waals surface area (Å²) in [6.45, 7) is 3.38. The maximum Gasteiger partial charge on any atom is 0.163 e. The fourth-order valence-corrected chi connectivity index (χ4v) is 1.79. The van der Waals surface area contributed by atoms with Crippen molar-refractivity contribution >= 4 is 0 Å². The summed E-state index contributed by atoms with van der Waals surface area (Å²) < 4.78 is 12.4. The van der Waals surface area contributed by atoms with Gasteiger partial charge in [-0.2, -0.15) is 0 Å². The number of nitrogens with zero attached hydrogens (tertiary/aromatic N) is 3. The predicted molar refractivity (Wildman–Crippen MR) is 68.6 cm³/mol. The minimum absolute atomic E-state index is 0.633. The van der Waals surface area contributed by atoms with Crippen molar-refractivity contribution in [3.63, 3.8) is 0 Å². The molecule has 1 heterocycles. The minimum Gasteiger partial charge on any atom is -0.496 e. The van der Waals surface area contributed by atoms with Crippen molar-refractivity contribution in [3.8, 4) is 17.1 Å². The minimum atomic E-state index is 0.633. The Balaban J connectivity index is 2.33. The normalized spacial score (nSPS) is 10.6. The molecule has 0 aliphatic carbocycles. The zero-order valence-corrected chi connectivity index (χ0v) is 10.9. The van der Waals surface area contributed by atoms with Gasteiger partial charge in [-0.15, -0.1) is 10.2 Å². The number of ether oxygens (including phenoxy) is 2. The van der Waals surface area contributed by atoms with Crippen LogP contribution < -0.4 is 4.74 Å². The Labute approximate surface area is 106 Å². The van der Waals surface area contributed by atoms with Crippen LogP contribution >= 0.6 is 0 Å². The monoisotopic (exact) mass is 247 g/mol. The average molecular weight is 247 g/mol. The van der Waals surface area contributed by atoms with E-state index in [1.54, 1.807) is 20.5 Å². The van der Waals surface area contributed by atoms with Gasteiger partial charge in [-0.1, -0.05) is 12.1 Å². The second kappa shape index (κ2) is 5.64. The van der Waals surface area contributed by atoms with Crippen LogP contribution in [0.2, 0.25) is 0 Å². The van der Waals surface area contributed by atoms with Gasteiger partial charge < -0.3 is 14.0 Å². The molecule has 0 amide bonds. The Morgan fingerprint density at radius 2 is 2.11 bits per heavy atom. The van der Waals surface area contributed by atoms with E-state index < -0.39 is 0 Å². The van der Waals surface area contributed by atoms with Crippen LogP contribution in [0.25, 0.3) is 11.4 Å². The van der Waals surface area contributed by atoms with E-state index in [0.717, 1.165) is 29.2 Å². The van der Waals surface area contributed by atoms with Crippen molar-refractivity contribution in [2.75, 3.05) is 20.8 Å². The molecule has 0 aliphatic rings. The highest BCUT2D eigenvalue weighted by Gasteiger charge is 2.09. The van der Waals surface area contributed by atoms with E-state index in [1.165, 1.54) is 0 Å². The van der Waals surface area contributed by atoms with Crippen LogP contribution in [-0.4, -0.2) is 35.6 Å². The first-order valence-electron chi connectivity index (χ1n) is 5.78. The molecule has 0 aliphatic heterocycles. The highest BCUT2D eigenvalue weighted by atomic mass is 16.5. The number of hydrogen-bond acceptors (Lipinski definition) is 4. The largest absolute Gasteiger partial charge is 0.496 e. The van der Waals surface area contributed by atoms with Crippen molar-refractivity contribution < 1.29 is 9.47 Å². The third kappa shape index (κ3) is 2.51. The molecule has 1 aromatic carbocycles. The quantitative estimate of drug-likeness (QED) is 0.809. The molecular formula is C13H17N3O2. The Morgan fingerprint density at radius 1 is 1.28 bits per heavy atom. The standard InChI is InChI=1S/C13H17N3O2/c1-10-4-5-11(8-12(10)18-3)13-15-14-9-16(13)6-7-17-2/h4-5,8-9H,6-7H2,1-3H3. The van der Waals surface area contributed by atoms with Crippen LogP contribution in [0.3, 0.4) is 0 Å². The Kier molecular flexibility index (Phi) is 3.94. The lowest BCUT2D eigenvalue weighted by molar-refractivity contribution is 0.187. The average Bonchev–Trinajstić information content (AvgIpc) is 2.85. The van der Waals surface area contributed by atoms with Gasteiger partial charge in [-0.25, -0.2) is 0 Å². The first-order valence-corrected chi connectivity index (χ1v) is 5.78. The van der Waals surface area contributed by atoms with Crippen LogP contribution in [0.5, 0.6) is 5.75 Å². The summed E-state index contributed by atoms with van der Waals surface area (Å²) >= 11 is 0. The first kappa shape index (κ1) is 12.6. The molecular weight excluding hydrogens is 230 g/mol. The molecule has 5 heteroatoms. The lowest BCUT2D eigenvalue weighted by Crippen LogP contribution is -2.05. The van der Waals surface area contributed by atoms with Gasteiger partial charge in [0.2, 0.25) is 0 Å². The topological polar surface area (TPSA) is 49.2 Å². The fraction of sp³-hybridized carbons (Fsp3) is 0.385. The van der Waals surface area contributed by atoms with Crippen molar-refractivity contribution in [3.05, 3.63) is 30.1 Å². The second-order valence-corrected chi connectivity index (χ2v) is 4.03. The van der Waals surface area contributed by atoms with E-state index in [9.17, 15) is 0 Å². The summed E-state index contributed by atoms with van der Waals surface area (Å²) in [4.78, 5) is 0. The molecule has 2 rings (SSSR count). The fourth-order valence-electron chi connectivity index (χ4n) is 1.79. The van der Waals surface area contributed by atoms with Gasteiger partial charge in [-0.3, -0.25) is 0 Å². The Hall–Kier alpha value is -1.88. The smallest absolute Gasteiger partial charge is 0.163 e. The molecule has 1 aromatic heterocycles. The molecule has 0 bridgehead atoms. The molecule has 0 fully saturated rings. The van der Waals surface area contributed by atoms with Crippen molar-refractivity contribution in [1.82, 2.24) is 14.8 Å². The van der Waals surface area contributed by atoms with E-state index in [0.29, 0.717) is 6.61 Å². The van der Waals surface area contributed by atoms with Crippen LogP contribution in [-0.2, 0) is 11.3 Å². The molecule has 0 unspecified atom stereocenters. The van der Waals surface area contributed by atoms with Gasteiger partial charge in [-0.05, 0) is 18.6 Å². The zero-order valence-electron chi connectivity index (χ0n) is 10.9. The summed E-state index contributed by atoms with van der Waals surface area (Å²) in [6, 6.07) is 6.01. The molecule has 0 saturated heterocycles. The van der Waals surface area contributed by atoms with Crippen LogP contribution in [0.1, 0.15) is 5.56 Å². The van der Waals surface area contributed by atoms with Gasteiger partial charge in [0.05, 0.1) is 13.7 Å². The molecule has 0 saturated carbocycles. The summed E-state index contributed by atoms with van der Waals surface area (Å²) in [7, 11) is 3.35. The predicted octanol–water partition coefficient (Wildman–Crippen LogP) is 1.91. The van der Waals surface area contributed by atoms with Gasteiger partial charge >= 0.3 is 0 Å².